The van der Waals surface area contributed by atoms with Gasteiger partial charge >= 0.3 is 0 Å². The molecule has 108 valence electrons. The minimum Gasteiger partial charge on any atom is -0.356 e. The summed E-state index contributed by atoms with van der Waals surface area (Å²) in [5.74, 6) is 0.166. The summed E-state index contributed by atoms with van der Waals surface area (Å²) < 4.78 is 0. The number of carbonyl (C=O) groups is 1. The highest BCUT2D eigenvalue weighted by Crippen LogP contribution is 2.22. The predicted molar refractivity (Wildman–Crippen MR) is 78.4 cm³/mol. The second-order valence-electron chi connectivity index (χ2n) is 6.27. The maximum absolute atomic E-state index is 11.6. The molecule has 0 aromatic heterocycles. The molecule has 0 heterocycles. The first-order chi connectivity index (χ1) is 8.37. The van der Waals surface area contributed by atoms with Gasteiger partial charge in [0, 0.05) is 19.0 Å². The molecule has 3 heteroatoms. The Bertz CT molecular complexity index is 225. The molecule has 3 nitrogen and oxygen atoms in total. The Morgan fingerprint density at radius 2 is 1.94 bits per heavy atom. The third-order valence-corrected chi connectivity index (χ3v) is 3.28. The van der Waals surface area contributed by atoms with Crippen LogP contribution < -0.4 is 11.1 Å². The highest BCUT2D eigenvalue weighted by molar-refractivity contribution is 5.75. The van der Waals surface area contributed by atoms with Crippen molar-refractivity contribution in [1.82, 2.24) is 5.32 Å². The molecule has 18 heavy (non-hydrogen) atoms. The lowest BCUT2D eigenvalue weighted by atomic mass is 9.87. The van der Waals surface area contributed by atoms with Crippen molar-refractivity contribution < 1.29 is 4.79 Å². The van der Waals surface area contributed by atoms with E-state index >= 15 is 0 Å². The van der Waals surface area contributed by atoms with Crippen LogP contribution in [0, 0.1) is 5.41 Å². The summed E-state index contributed by atoms with van der Waals surface area (Å²) in [4.78, 5) is 11.6. The fourth-order valence-corrected chi connectivity index (χ4v) is 1.95. The van der Waals surface area contributed by atoms with Crippen LogP contribution in [0.4, 0.5) is 0 Å². The van der Waals surface area contributed by atoms with Crippen molar-refractivity contribution in [3.05, 3.63) is 0 Å². The fraction of sp³-hybridized carbons (Fsp3) is 0.933. The molecule has 0 spiro atoms. The van der Waals surface area contributed by atoms with E-state index < -0.39 is 0 Å². The van der Waals surface area contributed by atoms with Gasteiger partial charge in [-0.1, -0.05) is 40.0 Å². The van der Waals surface area contributed by atoms with Crippen LogP contribution in [0.15, 0.2) is 0 Å². The number of rotatable bonds is 10. The zero-order valence-corrected chi connectivity index (χ0v) is 12.7. The summed E-state index contributed by atoms with van der Waals surface area (Å²) in [6.45, 7) is 9.44. The van der Waals surface area contributed by atoms with Gasteiger partial charge in [0.05, 0.1) is 0 Å². The molecule has 0 fully saturated rings. The lowest BCUT2D eigenvalue weighted by molar-refractivity contribution is -0.121. The number of carbonyl (C=O) groups excluding carboxylic acids is 1. The average molecular weight is 256 g/mol. The molecule has 0 rings (SSSR count). The smallest absolute Gasteiger partial charge is 0.220 e. The molecule has 3 N–H and O–H groups in total. The zero-order valence-electron chi connectivity index (χ0n) is 12.7. The van der Waals surface area contributed by atoms with Crippen LogP contribution in [0.25, 0.3) is 0 Å². The van der Waals surface area contributed by atoms with Gasteiger partial charge in [0.15, 0.2) is 0 Å². The molecule has 0 saturated heterocycles. The van der Waals surface area contributed by atoms with E-state index in [2.05, 4.69) is 26.1 Å². The van der Waals surface area contributed by atoms with Crippen LogP contribution in [-0.4, -0.2) is 18.5 Å². The maximum atomic E-state index is 11.6. The van der Waals surface area contributed by atoms with Crippen molar-refractivity contribution in [3.63, 3.8) is 0 Å². The summed E-state index contributed by atoms with van der Waals surface area (Å²) in [5, 5.41) is 3.04. The Balaban J connectivity index is 3.68. The third kappa shape index (κ3) is 10.6. The molecule has 0 aromatic carbocycles. The number of unbranched alkanes of at least 4 members (excludes halogenated alkanes) is 2. The van der Waals surface area contributed by atoms with Gasteiger partial charge in [-0.2, -0.15) is 0 Å². The highest BCUT2D eigenvalue weighted by Gasteiger charge is 2.18. The standard InChI is InChI=1S/C15H32N2O/c1-5-6-7-11-15(3,4)12-17-14(18)10-8-9-13(2)16/h13H,5-12,16H2,1-4H3,(H,17,18). The molecule has 1 atom stereocenters. The van der Waals surface area contributed by atoms with Crippen LogP contribution in [0.5, 0.6) is 0 Å². The van der Waals surface area contributed by atoms with Crippen LogP contribution in [0.2, 0.25) is 0 Å². The Kier molecular flexibility index (Phi) is 9.08. The SMILES string of the molecule is CCCCCC(C)(C)CNC(=O)CCCC(C)N. The maximum Gasteiger partial charge on any atom is 0.220 e. The van der Waals surface area contributed by atoms with E-state index in [1.807, 2.05) is 6.92 Å². The number of hydrogen-bond acceptors (Lipinski definition) is 2. The first-order valence-corrected chi connectivity index (χ1v) is 7.39. The molecular weight excluding hydrogens is 224 g/mol. The number of nitrogens with one attached hydrogen (secondary N) is 1. The Labute approximate surface area is 113 Å². The van der Waals surface area contributed by atoms with Gasteiger partial charge in [0.1, 0.15) is 0 Å². The minimum atomic E-state index is 0.166. The molecule has 0 aliphatic rings. The van der Waals surface area contributed by atoms with Crippen molar-refractivity contribution in [3.8, 4) is 0 Å². The topological polar surface area (TPSA) is 55.1 Å². The van der Waals surface area contributed by atoms with E-state index in [0.29, 0.717) is 6.42 Å². The van der Waals surface area contributed by atoms with Crippen molar-refractivity contribution in [2.45, 2.75) is 78.7 Å². The summed E-state index contributed by atoms with van der Waals surface area (Å²) in [5.41, 5.74) is 5.87. The van der Waals surface area contributed by atoms with Gasteiger partial charge in [-0.05, 0) is 31.6 Å². The highest BCUT2D eigenvalue weighted by atomic mass is 16.1. The molecule has 0 aliphatic carbocycles. The van der Waals surface area contributed by atoms with Crippen LogP contribution in [0.1, 0.15) is 72.6 Å². The van der Waals surface area contributed by atoms with Crippen molar-refractivity contribution in [2.75, 3.05) is 6.54 Å². The molecular formula is C15H32N2O. The molecule has 0 radical (unpaired) electrons. The van der Waals surface area contributed by atoms with Gasteiger partial charge in [-0.15, -0.1) is 0 Å². The van der Waals surface area contributed by atoms with Gasteiger partial charge < -0.3 is 11.1 Å². The molecule has 1 amide bonds. The van der Waals surface area contributed by atoms with E-state index in [1.165, 1.54) is 25.7 Å². The van der Waals surface area contributed by atoms with E-state index in [0.717, 1.165) is 19.4 Å². The van der Waals surface area contributed by atoms with Crippen molar-refractivity contribution in [2.24, 2.45) is 11.1 Å². The first-order valence-electron chi connectivity index (χ1n) is 7.39. The minimum absolute atomic E-state index is 0.166. The monoisotopic (exact) mass is 256 g/mol. The lowest BCUT2D eigenvalue weighted by Gasteiger charge is -2.25. The summed E-state index contributed by atoms with van der Waals surface area (Å²) in [6.07, 6.45) is 7.39. The summed E-state index contributed by atoms with van der Waals surface area (Å²) >= 11 is 0. The van der Waals surface area contributed by atoms with Gasteiger partial charge in [0.25, 0.3) is 0 Å². The molecule has 0 bridgehead atoms. The third-order valence-electron chi connectivity index (χ3n) is 3.28. The predicted octanol–water partition coefficient (Wildman–Crippen LogP) is 3.23. The van der Waals surface area contributed by atoms with E-state index in [4.69, 9.17) is 5.73 Å². The Hall–Kier alpha value is -0.570. The number of nitrogens with two attached hydrogens (primary N) is 1. The van der Waals surface area contributed by atoms with E-state index in [9.17, 15) is 4.79 Å². The molecule has 0 aliphatic heterocycles. The largest absolute Gasteiger partial charge is 0.356 e. The Morgan fingerprint density at radius 3 is 2.50 bits per heavy atom. The summed E-state index contributed by atoms with van der Waals surface area (Å²) in [7, 11) is 0. The zero-order chi connectivity index (χ0) is 14.0. The van der Waals surface area contributed by atoms with E-state index in [-0.39, 0.29) is 17.4 Å². The second kappa shape index (κ2) is 9.37. The summed E-state index contributed by atoms with van der Waals surface area (Å²) in [6, 6.07) is 0.197. The molecule has 0 saturated carbocycles. The first kappa shape index (κ1) is 17.4. The quantitative estimate of drug-likeness (QED) is 0.590. The van der Waals surface area contributed by atoms with Crippen LogP contribution in [-0.2, 0) is 4.79 Å². The number of amides is 1. The lowest BCUT2D eigenvalue weighted by Crippen LogP contribution is -2.34. The van der Waals surface area contributed by atoms with E-state index in [1.54, 1.807) is 0 Å². The van der Waals surface area contributed by atoms with Crippen LogP contribution >= 0.6 is 0 Å². The molecule has 1 unspecified atom stereocenters. The van der Waals surface area contributed by atoms with Crippen molar-refractivity contribution >= 4 is 5.91 Å². The van der Waals surface area contributed by atoms with Crippen molar-refractivity contribution in [1.29, 1.82) is 0 Å². The van der Waals surface area contributed by atoms with Gasteiger partial charge in [-0.25, -0.2) is 0 Å². The Morgan fingerprint density at radius 1 is 1.28 bits per heavy atom. The molecule has 0 aromatic rings. The fourth-order valence-electron chi connectivity index (χ4n) is 1.95. The number of hydrogen-bond donors (Lipinski definition) is 2. The van der Waals surface area contributed by atoms with Crippen LogP contribution in [0.3, 0.4) is 0 Å². The normalized spacial score (nSPS) is 13.4. The average Bonchev–Trinajstić information content (AvgIpc) is 2.26. The van der Waals surface area contributed by atoms with Gasteiger partial charge in [0.2, 0.25) is 5.91 Å². The van der Waals surface area contributed by atoms with Gasteiger partial charge in [-0.3, -0.25) is 4.79 Å². The second-order valence-corrected chi connectivity index (χ2v) is 6.27.